The van der Waals surface area contributed by atoms with E-state index in [4.69, 9.17) is 27.9 Å². The minimum absolute atomic E-state index is 0.174. The van der Waals surface area contributed by atoms with Crippen LogP contribution in [0.3, 0.4) is 0 Å². The van der Waals surface area contributed by atoms with Gasteiger partial charge in [-0.2, -0.15) is 4.99 Å². The summed E-state index contributed by atoms with van der Waals surface area (Å²) in [6.07, 6.45) is 0. The number of amides is 1. The molecule has 0 saturated heterocycles. The van der Waals surface area contributed by atoms with Crippen LogP contribution in [-0.4, -0.2) is 24.2 Å². The Labute approximate surface area is 143 Å². The Morgan fingerprint density at radius 1 is 1.36 bits per heavy atom. The van der Waals surface area contributed by atoms with Crippen LogP contribution in [0.4, 0.5) is 0 Å². The third kappa shape index (κ3) is 3.71. The van der Waals surface area contributed by atoms with Crippen LogP contribution in [0, 0.1) is 5.41 Å². The molecule has 120 valence electrons. The van der Waals surface area contributed by atoms with Gasteiger partial charge in [-0.15, -0.1) is 0 Å². The van der Waals surface area contributed by atoms with Crippen LogP contribution in [0.5, 0.6) is 0 Å². The summed E-state index contributed by atoms with van der Waals surface area (Å²) in [7, 11) is 1.63. The van der Waals surface area contributed by atoms with Crippen LogP contribution in [0.2, 0.25) is 10.0 Å². The summed E-state index contributed by atoms with van der Waals surface area (Å²) >= 11 is 13.8. The summed E-state index contributed by atoms with van der Waals surface area (Å²) in [6, 6.07) is 3.52. The van der Waals surface area contributed by atoms with E-state index in [1.165, 1.54) is 11.3 Å². The lowest BCUT2D eigenvalue weighted by Crippen LogP contribution is -2.24. The van der Waals surface area contributed by atoms with E-state index in [0.717, 1.165) is 10.2 Å². The number of hydrogen-bond donors (Lipinski definition) is 0. The summed E-state index contributed by atoms with van der Waals surface area (Å²) < 4.78 is 7.95. The van der Waals surface area contributed by atoms with Crippen molar-refractivity contribution in [1.29, 1.82) is 0 Å². The van der Waals surface area contributed by atoms with Crippen LogP contribution < -0.4 is 4.80 Å². The Balaban J connectivity index is 2.70. The third-order valence-electron chi connectivity index (χ3n) is 3.05. The Morgan fingerprint density at radius 3 is 2.64 bits per heavy atom. The number of fused-ring (bicyclic) bond motifs is 1. The monoisotopic (exact) mass is 360 g/mol. The summed E-state index contributed by atoms with van der Waals surface area (Å²) in [5.41, 5.74) is 0.296. The van der Waals surface area contributed by atoms with Crippen molar-refractivity contribution in [2.75, 3.05) is 13.7 Å². The van der Waals surface area contributed by atoms with E-state index in [0.29, 0.717) is 28.0 Å². The fraction of sp³-hybridized carbons (Fsp3) is 0.467. The molecule has 0 bridgehead atoms. The Hall–Kier alpha value is -0.880. The van der Waals surface area contributed by atoms with E-state index in [9.17, 15) is 4.79 Å². The van der Waals surface area contributed by atoms with Crippen LogP contribution in [0.15, 0.2) is 17.1 Å². The van der Waals surface area contributed by atoms with Gasteiger partial charge in [0.2, 0.25) is 0 Å². The normalized spacial score (nSPS) is 13.1. The number of rotatable bonds is 3. The van der Waals surface area contributed by atoms with Crippen molar-refractivity contribution in [3.8, 4) is 0 Å². The Morgan fingerprint density at radius 2 is 2.05 bits per heavy atom. The minimum Gasteiger partial charge on any atom is -0.383 e. The number of halogens is 2. The smallest absolute Gasteiger partial charge is 0.253 e. The molecule has 22 heavy (non-hydrogen) atoms. The second-order valence-corrected chi connectivity index (χ2v) is 7.78. The highest BCUT2D eigenvalue weighted by molar-refractivity contribution is 7.16. The zero-order valence-electron chi connectivity index (χ0n) is 12.9. The molecule has 0 saturated carbocycles. The fourth-order valence-electron chi connectivity index (χ4n) is 1.86. The molecule has 0 aliphatic rings. The molecule has 1 aromatic heterocycles. The molecule has 0 fully saturated rings. The van der Waals surface area contributed by atoms with Crippen LogP contribution in [0.1, 0.15) is 20.8 Å². The third-order valence-corrected chi connectivity index (χ3v) is 4.58. The molecule has 4 nitrogen and oxygen atoms in total. The van der Waals surface area contributed by atoms with E-state index >= 15 is 0 Å². The van der Waals surface area contributed by atoms with E-state index in [1.54, 1.807) is 13.2 Å². The molecular formula is C15H18Cl2N2O2S. The summed E-state index contributed by atoms with van der Waals surface area (Å²) in [4.78, 5) is 17.1. The van der Waals surface area contributed by atoms with Gasteiger partial charge in [-0.3, -0.25) is 4.79 Å². The van der Waals surface area contributed by atoms with Crippen molar-refractivity contribution in [3.63, 3.8) is 0 Å². The van der Waals surface area contributed by atoms with Gasteiger partial charge in [0.05, 0.1) is 21.8 Å². The van der Waals surface area contributed by atoms with Gasteiger partial charge in [0.1, 0.15) is 0 Å². The van der Waals surface area contributed by atoms with Crippen molar-refractivity contribution in [2.24, 2.45) is 10.4 Å². The molecule has 2 aromatic rings. The molecule has 2 rings (SSSR count). The largest absolute Gasteiger partial charge is 0.383 e. The highest BCUT2D eigenvalue weighted by Gasteiger charge is 2.21. The minimum atomic E-state index is -0.531. The standard InChI is InChI=1S/C15H18Cl2N2O2S/c1-15(2,3)13(20)18-14-19(5-6-21-4)12-10(17)7-9(16)8-11(12)22-14/h7-8H,5-6H2,1-4H3. The molecule has 7 heteroatoms. The van der Waals surface area contributed by atoms with Crippen molar-refractivity contribution in [3.05, 3.63) is 27.0 Å². The van der Waals surface area contributed by atoms with Crippen molar-refractivity contribution >= 4 is 50.7 Å². The zero-order chi connectivity index (χ0) is 16.5. The quantitative estimate of drug-likeness (QED) is 0.825. The highest BCUT2D eigenvalue weighted by Crippen LogP contribution is 2.29. The van der Waals surface area contributed by atoms with E-state index in [2.05, 4.69) is 4.99 Å². The molecule has 0 unspecified atom stereocenters. The lowest BCUT2D eigenvalue weighted by Gasteiger charge is -2.12. The van der Waals surface area contributed by atoms with Crippen LogP contribution in [-0.2, 0) is 16.1 Å². The number of methoxy groups -OCH3 is 1. The van der Waals surface area contributed by atoms with Crippen LogP contribution >= 0.6 is 34.5 Å². The first-order valence-corrected chi connectivity index (χ1v) is 8.38. The van der Waals surface area contributed by atoms with E-state index < -0.39 is 5.41 Å². The number of carbonyl (C=O) groups excluding carboxylic acids is 1. The zero-order valence-corrected chi connectivity index (χ0v) is 15.3. The molecule has 1 heterocycles. The molecule has 0 aliphatic heterocycles. The molecule has 0 spiro atoms. The lowest BCUT2D eigenvalue weighted by atomic mass is 9.96. The summed E-state index contributed by atoms with van der Waals surface area (Å²) in [5, 5.41) is 1.10. The first kappa shape index (κ1) is 17.5. The Bertz CT molecular complexity index is 772. The topological polar surface area (TPSA) is 43.6 Å². The number of aromatic nitrogens is 1. The molecular weight excluding hydrogens is 343 g/mol. The Kier molecular flexibility index (Phi) is 5.33. The van der Waals surface area contributed by atoms with Gasteiger partial charge >= 0.3 is 0 Å². The maximum atomic E-state index is 12.2. The molecule has 1 aromatic carbocycles. The summed E-state index contributed by atoms with van der Waals surface area (Å²) in [5.74, 6) is -0.174. The number of hydrogen-bond acceptors (Lipinski definition) is 3. The van der Waals surface area contributed by atoms with E-state index in [1.807, 2.05) is 31.4 Å². The SMILES string of the molecule is COCCn1c(=NC(=O)C(C)(C)C)sc2cc(Cl)cc(Cl)c21. The summed E-state index contributed by atoms with van der Waals surface area (Å²) in [6.45, 7) is 6.59. The van der Waals surface area contributed by atoms with E-state index in [-0.39, 0.29) is 5.91 Å². The number of carbonyl (C=O) groups is 1. The van der Waals surface area contributed by atoms with Gasteiger partial charge in [-0.1, -0.05) is 55.3 Å². The number of ether oxygens (including phenoxy) is 1. The van der Waals surface area contributed by atoms with Gasteiger partial charge in [0.15, 0.2) is 4.80 Å². The maximum absolute atomic E-state index is 12.2. The maximum Gasteiger partial charge on any atom is 0.253 e. The first-order chi connectivity index (χ1) is 10.2. The van der Waals surface area contributed by atoms with Crippen LogP contribution in [0.25, 0.3) is 10.2 Å². The fourth-order valence-corrected chi connectivity index (χ4v) is 3.70. The van der Waals surface area contributed by atoms with Crippen molar-refractivity contribution < 1.29 is 9.53 Å². The van der Waals surface area contributed by atoms with Crippen molar-refractivity contribution in [1.82, 2.24) is 4.57 Å². The average Bonchev–Trinajstić information content (AvgIpc) is 2.72. The first-order valence-electron chi connectivity index (χ1n) is 6.80. The predicted octanol–water partition coefficient (Wildman–Crippen LogP) is 4.13. The molecule has 0 atom stereocenters. The number of benzene rings is 1. The van der Waals surface area contributed by atoms with Gasteiger partial charge < -0.3 is 9.30 Å². The second-order valence-electron chi connectivity index (χ2n) is 5.93. The molecule has 1 amide bonds. The van der Waals surface area contributed by atoms with Gasteiger partial charge in [-0.05, 0) is 12.1 Å². The van der Waals surface area contributed by atoms with Crippen molar-refractivity contribution in [2.45, 2.75) is 27.3 Å². The highest BCUT2D eigenvalue weighted by atomic mass is 35.5. The molecule has 0 aliphatic carbocycles. The van der Waals surface area contributed by atoms with Gasteiger partial charge in [0.25, 0.3) is 5.91 Å². The number of thiazole rings is 1. The molecule has 0 N–H and O–H groups in total. The van der Waals surface area contributed by atoms with Gasteiger partial charge in [-0.25, -0.2) is 0 Å². The predicted molar refractivity (Wildman–Crippen MR) is 91.7 cm³/mol. The second kappa shape index (κ2) is 6.71. The average molecular weight is 361 g/mol. The van der Waals surface area contributed by atoms with Gasteiger partial charge in [0, 0.05) is 24.1 Å². The number of nitrogens with zero attached hydrogens (tertiary/aromatic N) is 2. The lowest BCUT2D eigenvalue weighted by molar-refractivity contribution is -0.125. The molecule has 0 radical (unpaired) electrons.